The number of hydrogen-bond donors (Lipinski definition) is 0. The third-order valence-corrected chi connectivity index (χ3v) is 7.66. The lowest BCUT2D eigenvalue weighted by molar-refractivity contribution is 0.0297. The number of nitrogens with zero attached hydrogens (tertiary/aromatic N) is 1. The minimum Gasteiger partial charge on any atom is -0.494 e. The fourth-order valence-electron chi connectivity index (χ4n) is 4.05. The van der Waals surface area contributed by atoms with Crippen molar-refractivity contribution in [1.82, 2.24) is 4.31 Å². The monoisotopic (exact) mass is 395 g/mol. The second-order valence-corrected chi connectivity index (χ2v) is 9.74. The highest BCUT2D eigenvalue weighted by Crippen LogP contribution is 2.26. The Balaban J connectivity index is 1.41. The van der Waals surface area contributed by atoms with E-state index in [0.717, 1.165) is 50.7 Å². The van der Waals surface area contributed by atoms with E-state index in [2.05, 4.69) is 12.1 Å². The van der Waals surface area contributed by atoms with Crippen LogP contribution in [0.5, 0.6) is 5.75 Å². The zero-order valence-electron chi connectivity index (χ0n) is 16.4. The van der Waals surface area contributed by atoms with Gasteiger partial charge < -0.3 is 9.47 Å². The summed E-state index contributed by atoms with van der Waals surface area (Å²) < 4.78 is 38.1. The molecule has 0 aliphatic carbocycles. The molecule has 2 fully saturated rings. The normalized spacial score (nSPS) is 22.6. The molecule has 1 aromatic carbocycles. The first-order valence-electron chi connectivity index (χ1n) is 10.4. The number of benzene rings is 1. The van der Waals surface area contributed by atoms with Crippen LogP contribution in [-0.2, 0) is 21.2 Å². The number of sulfonamides is 1. The van der Waals surface area contributed by atoms with E-state index in [9.17, 15) is 8.42 Å². The van der Waals surface area contributed by atoms with Crippen LogP contribution < -0.4 is 4.74 Å². The first-order chi connectivity index (χ1) is 13.1. The summed E-state index contributed by atoms with van der Waals surface area (Å²) in [4.78, 5) is 0. The van der Waals surface area contributed by atoms with Crippen LogP contribution >= 0.6 is 0 Å². The lowest BCUT2D eigenvalue weighted by Crippen LogP contribution is -2.42. The number of piperidine rings is 1. The number of ether oxygens (including phenoxy) is 2. The Morgan fingerprint density at radius 2 is 1.85 bits per heavy atom. The summed E-state index contributed by atoms with van der Waals surface area (Å²) in [7, 11) is -3.19. The SMILES string of the molecule is CCOc1ccc(CCC2CCN(S(=O)(=O)CC3CCCCO3)CC2)cc1. The largest absolute Gasteiger partial charge is 0.494 e. The Morgan fingerprint density at radius 3 is 2.48 bits per heavy atom. The number of aryl methyl sites for hydroxylation is 1. The summed E-state index contributed by atoms with van der Waals surface area (Å²) in [6.07, 6.45) is 6.97. The molecule has 152 valence electrons. The molecule has 0 radical (unpaired) electrons. The number of rotatable bonds is 8. The van der Waals surface area contributed by atoms with Gasteiger partial charge in [-0.2, -0.15) is 0 Å². The summed E-state index contributed by atoms with van der Waals surface area (Å²) in [5.74, 6) is 1.68. The van der Waals surface area contributed by atoms with Crippen LogP contribution in [0.3, 0.4) is 0 Å². The van der Waals surface area contributed by atoms with Crippen molar-refractivity contribution in [1.29, 1.82) is 0 Å². The van der Waals surface area contributed by atoms with E-state index in [1.54, 1.807) is 4.31 Å². The smallest absolute Gasteiger partial charge is 0.216 e. The minimum absolute atomic E-state index is 0.110. The molecule has 0 spiro atoms. The second kappa shape index (κ2) is 9.89. The average molecular weight is 396 g/mol. The molecule has 1 aromatic rings. The average Bonchev–Trinajstić information content (AvgIpc) is 2.68. The molecule has 0 saturated carbocycles. The predicted molar refractivity (Wildman–Crippen MR) is 108 cm³/mol. The summed E-state index contributed by atoms with van der Waals surface area (Å²) in [6.45, 7) is 4.69. The van der Waals surface area contributed by atoms with E-state index in [1.807, 2.05) is 19.1 Å². The Bertz CT molecular complexity index is 660. The van der Waals surface area contributed by atoms with Crippen molar-refractivity contribution in [3.05, 3.63) is 29.8 Å². The van der Waals surface area contributed by atoms with Gasteiger partial charge in [0.1, 0.15) is 5.75 Å². The summed E-state index contributed by atoms with van der Waals surface area (Å²) in [5, 5.41) is 0. The molecule has 2 aliphatic heterocycles. The van der Waals surface area contributed by atoms with Crippen molar-refractivity contribution >= 4 is 10.0 Å². The topological polar surface area (TPSA) is 55.8 Å². The molecule has 2 heterocycles. The second-order valence-electron chi connectivity index (χ2n) is 7.73. The van der Waals surface area contributed by atoms with Crippen LogP contribution in [0, 0.1) is 5.92 Å². The minimum atomic E-state index is -3.19. The van der Waals surface area contributed by atoms with Gasteiger partial charge in [-0.15, -0.1) is 0 Å². The van der Waals surface area contributed by atoms with Gasteiger partial charge in [0.05, 0.1) is 18.5 Å². The van der Waals surface area contributed by atoms with Crippen molar-refractivity contribution in [2.75, 3.05) is 32.1 Å². The van der Waals surface area contributed by atoms with Gasteiger partial charge in [-0.25, -0.2) is 12.7 Å². The fraction of sp³-hybridized carbons (Fsp3) is 0.714. The van der Waals surface area contributed by atoms with Crippen molar-refractivity contribution in [2.24, 2.45) is 5.92 Å². The van der Waals surface area contributed by atoms with Crippen LogP contribution in [0.25, 0.3) is 0 Å². The number of hydrogen-bond acceptors (Lipinski definition) is 4. The highest BCUT2D eigenvalue weighted by atomic mass is 32.2. The standard InChI is InChI=1S/C21H33NO4S/c1-2-25-20-10-8-18(9-11-20)6-7-19-12-14-22(15-13-19)27(23,24)17-21-5-3-4-16-26-21/h8-11,19,21H,2-7,12-17H2,1H3. The van der Waals surface area contributed by atoms with Gasteiger partial charge in [-0.3, -0.25) is 0 Å². The van der Waals surface area contributed by atoms with Crippen molar-refractivity contribution < 1.29 is 17.9 Å². The van der Waals surface area contributed by atoms with Crippen LogP contribution in [0.2, 0.25) is 0 Å². The van der Waals surface area contributed by atoms with Gasteiger partial charge in [0, 0.05) is 19.7 Å². The molecular weight excluding hydrogens is 362 g/mol. The summed E-state index contributed by atoms with van der Waals surface area (Å²) >= 11 is 0. The molecule has 2 saturated heterocycles. The Morgan fingerprint density at radius 1 is 1.11 bits per heavy atom. The zero-order valence-corrected chi connectivity index (χ0v) is 17.3. The Kier molecular flexibility index (Phi) is 7.56. The highest BCUT2D eigenvalue weighted by molar-refractivity contribution is 7.89. The highest BCUT2D eigenvalue weighted by Gasteiger charge is 2.31. The van der Waals surface area contributed by atoms with Crippen LogP contribution in [0.1, 0.15) is 51.0 Å². The van der Waals surface area contributed by atoms with E-state index in [4.69, 9.17) is 9.47 Å². The van der Waals surface area contributed by atoms with Crippen LogP contribution in [-0.4, -0.2) is 50.9 Å². The van der Waals surface area contributed by atoms with Gasteiger partial charge in [0.2, 0.25) is 10.0 Å². The zero-order chi connectivity index (χ0) is 19.1. The molecule has 0 amide bonds. The molecular formula is C21H33NO4S. The molecule has 5 nitrogen and oxygen atoms in total. The maximum Gasteiger partial charge on any atom is 0.216 e. The van der Waals surface area contributed by atoms with Gasteiger partial charge in [0.25, 0.3) is 0 Å². The van der Waals surface area contributed by atoms with E-state index in [1.165, 1.54) is 5.56 Å². The maximum atomic E-state index is 12.7. The molecule has 1 unspecified atom stereocenters. The van der Waals surface area contributed by atoms with Crippen molar-refractivity contribution in [3.63, 3.8) is 0 Å². The van der Waals surface area contributed by atoms with Gasteiger partial charge in [-0.1, -0.05) is 12.1 Å². The third kappa shape index (κ3) is 6.19. The molecule has 6 heteroatoms. The van der Waals surface area contributed by atoms with E-state index >= 15 is 0 Å². The molecule has 0 N–H and O–H groups in total. The van der Waals surface area contributed by atoms with E-state index < -0.39 is 10.0 Å². The predicted octanol–water partition coefficient (Wildman–Crippen LogP) is 3.63. The van der Waals surface area contributed by atoms with Gasteiger partial charge in [-0.05, 0) is 75.5 Å². The molecule has 0 aromatic heterocycles. The maximum absolute atomic E-state index is 12.7. The molecule has 3 rings (SSSR count). The molecule has 1 atom stereocenters. The first-order valence-corrected chi connectivity index (χ1v) is 12.0. The van der Waals surface area contributed by atoms with Gasteiger partial charge in [0.15, 0.2) is 0 Å². The van der Waals surface area contributed by atoms with Crippen LogP contribution in [0.15, 0.2) is 24.3 Å². The van der Waals surface area contributed by atoms with Crippen molar-refractivity contribution in [2.45, 2.75) is 58.0 Å². The molecule has 27 heavy (non-hydrogen) atoms. The summed E-state index contributed by atoms with van der Waals surface area (Å²) in [6, 6.07) is 8.33. The fourth-order valence-corrected chi connectivity index (χ4v) is 5.76. The summed E-state index contributed by atoms with van der Waals surface area (Å²) in [5.41, 5.74) is 1.32. The van der Waals surface area contributed by atoms with Gasteiger partial charge >= 0.3 is 0 Å². The van der Waals surface area contributed by atoms with E-state index in [-0.39, 0.29) is 11.9 Å². The Labute approximate surface area is 164 Å². The van der Waals surface area contributed by atoms with E-state index in [0.29, 0.717) is 32.2 Å². The lowest BCUT2D eigenvalue weighted by Gasteiger charge is -2.33. The third-order valence-electron chi connectivity index (χ3n) is 5.71. The quantitative estimate of drug-likeness (QED) is 0.674. The molecule has 2 aliphatic rings. The van der Waals surface area contributed by atoms with Crippen molar-refractivity contribution in [3.8, 4) is 5.75 Å². The molecule has 0 bridgehead atoms. The lowest BCUT2D eigenvalue weighted by atomic mass is 9.91. The van der Waals surface area contributed by atoms with Crippen LogP contribution in [0.4, 0.5) is 0 Å². The first kappa shape index (κ1) is 20.6. The Hall–Kier alpha value is -1.11.